The van der Waals surface area contributed by atoms with E-state index in [1.165, 1.54) is 11.3 Å². The lowest BCUT2D eigenvalue weighted by Crippen LogP contribution is -2.53. The van der Waals surface area contributed by atoms with E-state index in [1.54, 1.807) is 6.33 Å². The summed E-state index contributed by atoms with van der Waals surface area (Å²) in [5.74, 6) is 2.17. The minimum absolute atomic E-state index is 0.148. The van der Waals surface area contributed by atoms with Gasteiger partial charge >= 0.3 is 0 Å². The lowest BCUT2D eigenvalue weighted by atomic mass is 9.66. The number of fused-ring (bicyclic) bond motifs is 5. The van der Waals surface area contributed by atoms with Crippen LogP contribution in [0.5, 0.6) is 0 Å². The van der Waals surface area contributed by atoms with Crippen molar-refractivity contribution in [2.24, 2.45) is 11.3 Å². The molecule has 132 valence electrons. The first-order valence-electron chi connectivity index (χ1n) is 9.45. The van der Waals surface area contributed by atoms with Gasteiger partial charge in [0.05, 0.1) is 6.20 Å². The molecule has 2 aromatic rings. The van der Waals surface area contributed by atoms with Gasteiger partial charge in [0, 0.05) is 18.2 Å². The summed E-state index contributed by atoms with van der Waals surface area (Å²) in [7, 11) is 2.19. The molecule has 3 heterocycles. The van der Waals surface area contributed by atoms with E-state index >= 15 is 0 Å². The summed E-state index contributed by atoms with van der Waals surface area (Å²) < 4.78 is 0. The van der Waals surface area contributed by atoms with E-state index in [-0.39, 0.29) is 11.6 Å². The van der Waals surface area contributed by atoms with Crippen molar-refractivity contribution in [1.29, 1.82) is 0 Å². The number of rotatable bonds is 2. The highest BCUT2D eigenvalue weighted by molar-refractivity contribution is 5.82. The number of para-hydroxylation sites is 1. The summed E-state index contributed by atoms with van der Waals surface area (Å²) in [6, 6.07) is 8.93. The summed E-state index contributed by atoms with van der Waals surface area (Å²) in [5, 5.41) is 0. The first-order chi connectivity index (χ1) is 12.0. The second-order valence-electron chi connectivity index (χ2n) is 7.81. The van der Waals surface area contributed by atoms with E-state index in [9.17, 15) is 0 Å². The van der Waals surface area contributed by atoms with Crippen LogP contribution in [0.1, 0.15) is 52.0 Å². The molecule has 0 saturated carbocycles. The summed E-state index contributed by atoms with van der Waals surface area (Å²) in [5.41, 5.74) is 4.06. The minimum Gasteiger partial charge on any atom is -0.337 e. The summed E-state index contributed by atoms with van der Waals surface area (Å²) in [6.07, 6.45) is 6.19. The quantitative estimate of drug-likeness (QED) is 0.776. The third-order valence-corrected chi connectivity index (χ3v) is 6.91. The van der Waals surface area contributed by atoms with Gasteiger partial charge in [-0.1, -0.05) is 45.9 Å². The van der Waals surface area contributed by atoms with Crippen molar-refractivity contribution < 1.29 is 0 Å². The molecule has 4 heteroatoms. The first-order valence-corrected chi connectivity index (χ1v) is 9.45. The van der Waals surface area contributed by atoms with Crippen LogP contribution in [0.3, 0.4) is 0 Å². The van der Waals surface area contributed by atoms with Gasteiger partial charge in [-0.3, -0.25) is 0 Å². The van der Waals surface area contributed by atoms with Crippen molar-refractivity contribution in [3.05, 3.63) is 42.4 Å². The Morgan fingerprint density at radius 1 is 1.16 bits per heavy atom. The van der Waals surface area contributed by atoms with Gasteiger partial charge in [-0.05, 0) is 36.3 Å². The molecule has 4 atom stereocenters. The topological polar surface area (TPSA) is 32.3 Å². The Morgan fingerprint density at radius 2 is 1.92 bits per heavy atom. The molecule has 2 aliphatic heterocycles. The molecule has 4 rings (SSSR count). The van der Waals surface area contributed by atoms with Crippen molar-refractivity contribution in [3.8, 4) is 0 Å². The Bertz CT molecular complexity index is 789. The fraction of sp³-hybridized carbons (Fsp3) is 0.524. The second-order valence-corrected chi connectivity index (χ2v) is 7.81. The van der Waals surface area contributed by atoms with Crippen LogP contribution in [0.4, 0.5) is 17.2 Å². The molecule has 0 spiro atoms. The van der Waals surface area contributed by atoms with Crippen LogP contribution >= 0.6 is 0 Å². The Kier molecular flexibility index (Phi) is 3.75. The number of aromatic nitrogens is 2. The van der Waals surface area contributed by atoms with Gasteiger partial charge in [0.25, 0.3) is 0 Å². The average molecular weight is 336 g/mol. The van der Waals surface area contributed by atoms with Gasteiger partial charge in [-0.2, -0.15) is 0 Å². The van der Waals surface area contributed by atoms with E-state index in [0.717, 1.165) is 24.3 Å². The standard InChI is InChI=1S/C21H28N4/c1-6-15-14(3)21(4,7-2)20-24(5)19-18(12-22-13-23-19)25(20)17-11-9-8-10-16(15)17/h8-15,20H,6-7H2,1-5H3. The van der Waals surface area contributed by atoms with Crippen molar-refractivity contribution >= 4 is 17.2 Å². The molecular weight excluding hydrogens is 308 g/mol. The van der Waals surface area contributed by atoms with Crippen LogP contribution < -0.4 is 9.80 Å². The van der Waals surface area contributed by atoms with E-state index in [2.05, 4.69) is 78.8 Å². The van der Waals surface area contributed by atoms with Crippen molar-refractivity contribution in [3.63, 3.8) is 0 Å². The number of benzene rings is 1. The maximum absolute atomic E-state index is 4.61. The van der Waals surface area contributed by atoms with Crippen molar-refractivity contribution in [1.82, 2.24) is 9.97 Å². The van der Waals surface area contributed by atoms with Crippen molar-refractivity contribution in [2.45, 2.75) is 52.6 Å². The lowest BCUT2D eigenvalue weighted by Gasteiger charge is -2.46. The van der Waals surface area contributed by atoms with Gasteiger partial charge in [0.2, 0.25) is 0 Å². The minimum atomic E-state index is 0.148. The Morgan fingerprint density at radius 3 is 2.64 bits per heavy atom. The highest BCUT2D eigenvalue weighted by atomic mass is 15.4. The highest BCUT2D eigenvalue weighted by Gasteiger charge is 2.53. The summed E-state index contributed by atoms with van der Waals surface area (Å²) in [4.78, 5) is 13.8. The summed E-state index contributed by atoms with van der Waals surface area (Å²) >= 11 is 0. The van der Waals surface area contributed by atoms with Crippen LogP contribution in [0.2, 0.25) is 0 Å². The molecule has 0 aliphatic carbocycles. The van der Waals surface area contributed by atoms with E-state index in [0.29, 0.717) is 11.8 Å². The maximum atomic E-state index is 4.61. The first kappa shape index (κ1) is 16.4. The molecule has 0 fully saturated rings. The fourth-order valence-corrected chi connectivity index (χ4v) is 5.24. The van der Waals surface area contributed by atoms with E-state index in [1.807, 2.05) is 6.20 Å². The molecule has 1 aromatic heterocycles. The van der Waals surface area contributed by atoms with Crippen LogP contribution in [-0.2, 0) is 0 Å². The van der Waals surface area contributed by atoms with Crippen LogP contribution in [-0.4, -0.2) is 23.2 Å². The Balaban J connectivity index is 2.03. The molecule has 0 saturated heterocycles. The molecule has 1 aromatic carbocycles. The zero-order valence-corrected chi connectivity index (χ0v) is 15.9. The molecule has 4 nitrogen and oxygen atoms in total. The molecule has 0 bridgehead atoms. The third-order valence-electron chi connectivity index (χ3n) is 6.91. The van der Waals surface area contributed by atoms with Crippen LogP contribution in [0, 0.1) is 11.3 Å². The third kappa shape index (κ3) is 2.06. The smallest absolute Gasteiger partial charge is 0.157 e. The van der Waals surface area contributed by atoms with Gasteiger partial charge in [-0.15, -0.1) is 0 Å². The molecule has 25 heavy (non-hydrogen) atoms. The predicted octanol–water partition coefficient (Wildman–Crippen LogP) is 4.95. The number of hydrogen-bond donors (Lipinski definition) is 0. The Labute approximate surface area is 150 Å². The molecule has 4 unspecified atom stereocenters. The second kappa shape index (κ2) is 5.72. The van der Waals surface area contributed by atoms with E-state index < -0.39 is 0 Å². The Hall–Kier alpha value is -2.10. The zero-order valence-electron chi connectivity index (χ0n) is 15.9. The van der Waals surface area contributed by atoms with Gasteiger partial charge in [0.15, 0.2) is 5.82 Å². The van der Waals surface area contributed by atoms with Crippen LogP contribution in [0.15, 0.2) is 36.8 Å². The van der Waals surface area contributed by atoms with E-state index in [4.69, 9.17) is 0 Å². The average Bonchev–Trinajstić information content (AvgIpc) is 2.91. The van der Waals surface area contributed by atoms with Crippen molar-refractivity contribution in [2.75, 3.05) is 16.8 Å². The monoisotopic (exact) mass is 336 g/mol. The fourth-order valence-electron chi connectivity index (χ4n) is 5.24. The highest BCUT2D eigenvalue weighted by Crippen LogP contribution is 2.58. The molecule has 0 radical (unpaired) electrons. The van der Waals surface area contributed by atoms with Gasteiger partial charge in [0.1, 0.15) is 18.2 Å². The molecular formula is C21H28N4. The largest absolute Gasteiger partial charge is 0.337 e. The number of hydrogen-bond acceptors (Lipinski definition) is 4. The molecule has 0 amide bonds. The number of nitrogens with zero attached hydrogens (tertiary/aromatic N) is 4. The summed E-state index contributed by atoms with van der Waals surface area (Å²) in [6.45, 7) is 9.56. The number of anilines is 3. The van der Waals surface area contributed by atoms with Gasteiger partial charge < -0.3 is 9.80 Å². The maximum Gasteiger partial charge on any atom is 0.157 e. The zero-order chi connectivity index (χ0) is 17.8. The molecule has 0 N–H and O–H groups in total. The lowest BCUT2D eigenvalue weighted by molar-refractivity contribution is 0.129. The van der Waals surface area contributed by atoms with Gasteiger partial charge in [-0.25, -0.2) is 9.97 Å². The van der Waals surface area contributed by atoms with Crippen LogP contribution in [0.25, 0.3) is 0 Å². The predicted molar refractivity (Wildman–Crippen MR) is 103 cm³/mol. The molecule has 2 aliphatic rings. The SMILES string of the molecule is CCC1c2ccccc2N2c3cncnc3N(C)C2C(C)(CC)C1C. The normalized spacial score (nSPS) is 30.5.